The highest BCUT2D eigenvalue weighted by molar-refractivity contribution is 5.91. The molecule has 0 saturated carbocycles. The standard InChI is InChI=1S/C18H24N4O5/c1-2-8-27-17(25)12-21-18(26)14(9-13-6-4-3-5-7-13)22-16(24)11-20-15(23)10-19/h2-7,14H,1,8-12,19H2,(H,20,23)(H,21,26)(H,22,24)/t14-/m0/s1. The number of benzene rings is 1. The normalized spacial score (nSPS) is 11.0. The highest BCUT2D eigenvalue weighted by Crippen LogP contribution is 2.03. The molecule has 0 aliphatic heterocycles. The summed E-state index contributed by atoms with van der Waals surface area (Å²) in [5, 5.41) is 7.28. The van der Waals surface area contributed by atoms with Crippen LogP contribution in [0.1, 0.15) is 5.56 Å². The predicted octanol–water partition coefficient (Wildman–Crippen LogP) is -1.37. The van der Waals surface area contributed by atoms with Gasteiger partial charge in [-0.1, -0.05) is 43.0 Å². The Hall–Kier alpha value is -3.20. The number of esters is 1. The Morgan fingerprint density at radius 3 is 2.41 bits per heavy atom. The predicted molar refractivity (Wildman–Crippen MR) is 98.3 cm³/mol. The molecule has 1 aromatic rings. The van der Waals surface area contributed by atoms with Gasteiger partial charge in [0.05, 0.1) is 13.1 Å². The summed E-state index contributed by atoms with van der Waals surface area (Å²) in [6, 6.07) is 8.12. The fourth-order valence-electron chi connectivity index (χ4n) is 2.04. The van der Waals surface area contributed by atoms with Gasteiger partial charge in [0.25, 0.3) is 0 Å². The van der Waals surface area contributed by atoms with Gasteiger partial charge < -0.3 is 26.4 Å². The highest BCUT2D eigenvalue weighted by atomic mass is 16.5. The second-order valence-electron chi connectivity index (χ2n) is 5.48. The van der Waals surface area contributed by atoms with Crippen LogP contribution in [0.2, 0.25) is 0 Å². The highest BCUT2D eigenvalue weighted by Gasteiger charge is 2.22. The van der Waals surface area contributed by atoms with Crippen molar-refractivity contribution in [2.75, 3.05) is 26.2 Å². The van der Waals surface area contributed by atoms with E-state index in [1.165, 1.54) is 6.08 Å². The largest absolute Gasteiger partial charge is 0.460 e. The van der Waals surface area contributed by atoms with Crippen LogP contribution in [-0.4, -0.2) is 56.0 Å². The average molecular weight is 376 g/mol. The summed E-state index contributed by atoms with van der Waals surface area (Å²) in [6.45, 7) is 2.58. The maximum Gasteiger partial charge on any atom is 0.325 e. The van der Waals surface area contributed by atoms with Crippen molar-refractivity contribution in [1.29, 1.82) is 0 Å². The molecule has 5 N–H and O–H groups in total. The molecule has 9 heteroatoms. The molecule has 1 rings (SSSR count). The lowest BCUT2D eigenvalue weighted by Crippen LogP contribution is -2.51. The van der Waals surface area contributed by atoms with Crippen LogP contribution in [0, 0.1) is 0 Å². The molecule has 1 atom stereocenters. The van der Waals surface area contributed by atoms with E-state index >= 15 is 0 Å². The molecule has 0 aromatic heterocycles. The Balaban J connectivity index is 2.67. The summed E-state index contributed by atoms with van der Waals surface area (Å²) in [5.74, 6) is -2.21. The number of nitrogens with one attached hydrogen (secondary N) is 3. The lowest BCUT2D eigenvalue weighted by molar-refractivity contribution is -0.143. The summed E-state index contributed by atoms with van der Waals surface area (Å²) in [5.41, 5.74) is 5.97. The zero-order chi connectivity index (χ0) is 20.1. The minimum atomic E-state index is -0.929. The number of hydrogen-bond donors (Lipinski definition) is 4. The van der Waals surface area contributed by atoms with Crippen molar-refractivity contribution in [1.82, 2.24) is 16.0 Å². The van der Waals surface area contributed by atoms with E-state index in [0.717, 1.165) is 5.56 Å². The third-order valence-corrected chi connectivity index (χ3v) is 3.33. The molecule has 3 amide bonds. The van der Waals surface area contributed by atoms with Crippen LogP contribution in [-0.2, 0) is 30.3 Å². The molecule has 9 nitrogen and oxygen atoms in total. The summed E-state index contributed by atoms with van der Waals surface area (Å²) < 4.78 is 4.78. The first-order chi connectivity index (χ1) is 13.0. The molecule has 0 bridgehead atoms. The number of hydrogen-bond acceptors (Lipinski definition) is 6. The van der Waals surface area contributed by atoms with E-state index in [1.54, 1.807) is 24.3 Å². The molecule has 0 aliphatic carbocycles. The zero-order valence-corrected chi connectivity index (χ0v) is 14.9. The van der Waals surface area contributed by atoms with Crippen molar-refractivity contribution in [3.63, 3.8) is 0 Å². The SMILES string of the molecule is C=CCOC(=O)CNC(=O)[C@H](Cc1ccccc1)NC(=O)CNC(=O)CN. The maximum absolute atomic E-state index is 12.4. The van der Waals surface area contributed by atoms with Gasteiger partial charge in [-0.05, 0) is 5.56 Å². The van der Waals surface area contributed by atoms with Crippen molar-refractivity contribution in [3.8, 4) is 0 Å². The molecule has 0 saturated heterocycles. The molecule has 0 spiro atoms. The van der Waals surface area contributed by atoms with Gasteiger partial charge in [0.15, 0.2) is 0 Å². The van der Waals surface area contributed by atoms with Crippen molar-refractivity contribution in [3.05, 3.63) is 48.6 Å². The van der Waals surface area contributed by atoms with Gasteiger partial charge >= 0.3 is 5.97 Å². The van der Waals surface area contributed by atoms with Gasteiger partial charge in [-0.15, -0.1) is 0 Å². The lowest BCUT2D eigenvalue weighted by atomic mass is 10.1. The quantitative estimate of drug-likeness (QED) is 0.278. The smallest absolute Gasteiger partial charge is 0.325 e. The van der Waals surface area contributed by atoms with Gasteiger partial charge in [-0.3, -0.25) is 19.2 Å². The van der Waals surface area contributed by atoms with Gasteiger partial charge in [0.2, 0.25) is 17.7 Å². The molecule has 146 valence electrons. The van der Waals surface area contributed by atoms with Crippen LogP contribution < -0.4 is 21.7 Å². The number of rotatable bonds is 11. The van der Waals surface area contributed by atoms with E-state index in [9.17, 15) is 19.2 Å². The minimum Gasteiger partial charge on any atom is -0.460 e. The number of carbonyl (C=O) groups is 4. The second kappa shape index (κ2) is 12.2. The Bertz CT molecular complexity index is 663. The first-order valence-corrected chi connectivity index (χ1v) is 8.30. The van der Waals surface area contributed by atoms with Crippen LogP contribution in [0.15, 0.2) is 43.0 Å². The van der Waals surface area contributed by atoms with E-state index in [0.29, 0.717) is 0 Å². The first kappa shape index (κ1) is 21.8. The Morgan fingerprint density at radius 2 is 1.78 bits per heavy atom. The third kappa shape index (κ3) is 9.17. The molecular formula is C18H24N4O5. The number of nitrogens with two attached hydrogens (primary N) is 1. The number of ether oxygens (including phenoxy) is 1. The molecule has 1 aromatic carbocycles. The van der Waals surface area contributed by atoms with E-state index in [2.05, 4.69) is 22.5 Å². The monoisotopic (exact) mass is 376 g/mol. The van der Waals surface area contributed by atoms with Gasteiger partial charge in [-0.25, -0.2) is 0 Å². The number of amides is 3. The third-order valence-electron chi connectivity index (χ3n) is 3.33. The van der Waals surface area contributed by atoms with Gasteiger partial charge in [0.1, 0.15) is 19.2 Å². The molecule has 0 fully saturated rings. The average Bonchev–Trinajstić information content (AvgIpc) is 2.68. The van der Waals surface area contributed by atoms with Crippen molar-refractivity contribution < 1.29 is 23.9 Å². The minimum absolute atomic E-state index is 0.0414. The van der Waals surface area contributed by atoms with Crippen LogP contribution in [0.25, 0.3) is 0 Å². The molecule has 0 aliphatic rings. The van der Waals surface area contributed by atoms with Crippen LogP contribution in [0.5, 0.6) is 0 Å². The van der Waals surface area contributed by atoms with E-state index in [-0.39, 0.29) is 32.7 Å². The topological polar surface area (TPSA) is 140 Å². The Morgan fingerprint density at radius 1 is 1.07 bits per heavy atom. The number of carbonyl (C=O) groups excluding carboxylic acids is 4. The second-order valence-corrected chi connectivity index (χ2v) is 5.48. The maximum atomic E-state index is 12.4. The van der Waals surface area contributed by atoms with Crippen molar-refractivity contribution >= 4 is 23.7 Å². The molecule has 0 heterocycles. The molecular weight excluding hydrogens is 352 g/mol. The van der Waals surface area contributed by atoms with Gasteiger partial charge in [-0.2, -0.15) is 0 Å². The molecule has 0 radical (unpaired) electrons. The zero-order valence-electron chi connectivity index (χ0n) is 14.9. The van der Waals surface area contributed by atoms with E-state index in [4.69, 9.17) is 10.5 Å². The fourth-order valence-corrected chi connectivity index (χ4v) is 2.04. The lowest BCUT2D eigenvalue weighted by Gasteiger charge is -2.18. The van der Waals surface area contributed by atoms with Gasteiger partial charge in [0, 0.05) is 6.42 Å². The van der Waals surface area contributed by atoms with Crippen molar-refractivity contribution in [2.45, 2.75) is 12.5 Å². The summed E-state index contributed by atoms with van der Waals surface area (Å²) >= 11 is 0. The Labute approximate surface area is 157 Å². The van der Waals surface area contributed by atoms with Crippen molar-refractivity contribution in [2.24, 2.45) is 5.73 Å². The Kier molecular flexibility index (Phi) is 9.87. The van der Waals surface area contributed by atoms with E-state index in [1.807, 2.05) is 6.07 Å². The summed E-state index contributed by atoms with van der Waals surface area (Å²) in [4.78, 5) is 47.0. The molecule has 27 heavy (non-hydrogen) atoms. The fraction of sp³-hybridized carbons (Fsp3) is 0.333. The van der Waals surface area contributed by atoms with E-state index < -0.39 is 29.7 Å². The van der Waals surface area contributed by atoms with Crippen LogP contribution in [0.3, 0.4) is 0 Å². The molecule has 0 unspecified atom stereocenters. The summed E-state index contributed by atoms with van der Waals surface area (Å²) in [6.07, 6.45) is 1.62. The van der Waals surface area contributed by atoms with Crippen LogP contribution >= 0.6 is 0 Å². The first-order valence-electron chi connectivity index (χ1n) is 8.30. The summed E-state index contributed by atoms with van der Waals surface area (Å²) in [7, 11) is 0. The van der Waals surface area contributed by atoms with Crippen LogP contribution in [0.4, 0.5) is 0 Å².